The molecule has 5 aromatic rings. The highest BCUT2D eigenvalue weighted by atomic mass is 19.4. The van der Waals surface area contributed by atoms with Gasteiger partial charge in [0, 0.05) is 17.1 Å². The summed E-state index contributed by atoms with van der Waals surface area (Å²) in [6, 6.07) is 23.0. The van der Waals surface area contributed by atoms with E-state index in [1.165, 1.54) is 24.3 Å². The van der Waals surface area contributed by atoms with Gasteiger partial charge in [-0.1, -0.05) is 54.1 Å². The second-order valence-electron chi connectivity index (χ2n) is 8.52. The van der Waals surface area contributed by atoms with Crippen molar-refractivity contribution in [1.29, 1.82) is 0 Å². The van der Waals surface area contributed by atoms with Crippen LogP contribution in [-0.2, 0) is 11.0 Å². The molecule has 6 nitrogen and oxygen atoms in total. The zero-order valence-electron chi connectivity index (χ0n) is 20.0. The Hall–Kier alpha value is -4.79. The Kier molecular flexibility index (Phi) is 6.50. The Morgan fingerprint density at radius 2 is 1.61 bits per heavy atom. The zero-order valence-corrected chi connectivity index (χ0v) is 20.0. The van der Waals surface area contributed by atoms with Crippen LogP contribution in [0.5, 0.6) is 17.2 Å². The molecule has 1 N–H and O–H groups in total. The maximum atomic E-state index is 13.8. The van der Waals surface area contributed by atoms with Gasteiger partial charge in [0.1, 0.15) is 17.1 Å². The van der Waals surface area contributed by atoms with Crippen LogP contribution in [0.15, 0.2) is 94.1 Å². The average Bonchev–Trinajstić information content (AvgIpc) is 2.89. The summed E-state index contributed by atoms with van der Waals surface area (Å²) in [4.78, 5) is 25.5. The van der Waals surface area contributed by atoms with Gasteiger partial charge >= 0.3 is 6.18 Å². The van der Waals surface area contributed by atoms with Gasteiger partial charge in [-0.05, 0) is 42.6 Å². The predicted octanol–water partition coefficient (Wildman–Crippen LogP) is 7.08. The van der Waals surface area contributed by atoms with Crippen molar-refractivity contribution in [3.63, 3.8) is 0 Å². The second kappa shape index (κ2) is 9.93. The SMILES string of the molecule is Cc1ccc(Oc2c(C(F)(F)F)oc3cc(OCC(=O)Nc4cccc5ccccc45)ccc3c2=O)cc1. The number of halogens is 3. The van der Waals surface area contributed by atoms with Crippen molar-refractivity contribution in [3.8, 4) is 17.2 Å². The fourth-order valence-corrected chi connectivity index (χ4v) is 3.92. The van der Waals surface area contributed by atoms with Gasteiger partial charge in [-0.25, -0.2) is 0 Å². The average molecular weight is 519 g/mol. The number of rotatable bonds is 6. The van der Waals surface area contributed by atoms with Gasteiger partial charge in [-0.15, -0.1) is 0 Å². The van der Waals surface area contributed by atoms with E-state index in [2.05, 4.69) is 5.32 Å². The van der Waals surface area contributed by atoms with Gasteiger partial charge in [0.25, 0.3) is 11.7 Å². The fourth-order valence-electron chi connectivity index (χ4n) is 3.92. The first-order valence-electron chi connectivity index (χ1n) is 11.5. The van der Waals surface area contributed by atoms with Crippen LogP contribution in [-0.4, -0.2) is 12.5 Å². The van der Waals surface area contributed by atoms with Crippen LogP contribution in [0.2, 0.25) is 0 Å². The summed E-state index contributed by atoms with van der Waals surface area (Å²) in [6.07, 6.45) is -5.00. The van der Waals surface area contributed by atoms with E-state index in [0.29, 0.717) is 5.69 Å². The van der Waals surface area contributed by atoms with E-state index in [9.17, 15) is 22.8 Å². The third kappa shape index (κ3) is 5.17. The van der Waals surface area contributed by atoms with Crippen molar-refractivity contribution in [2.45, 2.75) is 13.1 Å². The Bertz CT molecular complexity index is 1700. The molecule has 0 saturated carbocycles. The minimum absolute atomic E-state index is 0.0500. The van der Waals surface area contributed by atoms with Crippen molar-refractivity contribution in [2.75, 3.05) is 11.9 Å². The number of hydrogen-bond acceptors (Lipinski definition) is 5. The topological polar surface area (TPSA) is 77.8 Å². The maximum Gasteiger partial charge on any atom is 0.453 e. The smallest absolute Gasteiger partial charge is 0.453 e. The van der Waals surface area contributed by atoms with E-state index < -0.39 is 35.6 Å². The molecular formula is C29H20F3NO5. The van der Waals surface area contributed by atoms with Gasteiger partial charge in [0.15, 0.2) is 6.61 Å². The molecule has 0 saturated heterocycles. The minimum Gasteiger partial charge on any atom is -0.484 e. The van der Waals surface area contributed by atoms with Gasteiger partial charge in [0.2, 0.25) is 11.2 Å². The van der Waals surface area contributed by atoms with Crippen LogP contribution in [0.1, 0.15) is 11.3 Å². The van der Waals surface area contributed by atoms with Crippen LogP contribution in [0.25, 0.3) is 21.7 Å². The number of carbonyl (C=O) groups excluding carboxylic acids is 1. The number of amides is 1. The monoisotopic (exact) mass is 519 g/mol. The van der Waals surface area contributed by atoms with Crippen molar-refractivity contribution >= 4 is 33.3 Å². The maximum absolute atomic E-state index is 13.8. The van der Waals surface area contributed by atoms with E-state index in [0.717, 1.165) is 22.4 Å². The molecule has 4 aromatic carbocycles. The molecule has 192 valence electrons. The third-order valence-electron chi connectivity index (χ3n) is 5.75. The Balaban J connectivity index is 1.39. The van der Waals surface area contributed by atoms with Crippen LogP contribution >= 0.6 is 0 Å². The second-order valence-corrected chi connectivity index (χ2v) is 8.52. The molecule has 0 fully saturated rings. The first-order valence-corrected chi connectivity index (χ1v) is 11.5. The summed E-state index contributed by atoms with van der Waals surface area (Å²) in [5.74, 6) is -2.89. The number of benzene rings is 4. The number of anilines is 1. The predicted molar refractivity (Wildman–Crippen MR) is 137 cm³/mol. The Morgan fingerprint density at radius 3 is 2.37 bits per heavy atom. The summed E-state index contributed by atoms with van der Waals surface area (Å²) < 4.78 is 57.3. The molecule has 0 bridgehead atoms. The number of carbonyl (C=O) groups is 1. The normalized spacial score (nSPS) is 11.5. The molecule has 1 heterocycles. The number of aryl methyl sites for hydroxylation is 1. The lowest BCUT2D eigenvalue weighted by atomic mass is 10.1. The quantitative estimate of drug-likeness (QED) is 0.259. The number of hydrogen-bond donors (Lipinski definition) is 1. The molecule has 0 atom stereocenters. The van der Waals surface area contributed by atoms with Gasteiger partial charge in [0.05, 0.1) is 5.39 Å². The van der Waals surface area contributed by atoms with Crippen LogP contribution in [0, 0.1) is 6.92 Å². The lowest BCUT2D eigenvalue weighted by molar-refractivity contribution is -0.154. The first kappa shape index (κ1) is 24.9. The largest absolute Gasteiger partial charge is 0.484 e. The molecule has 1 amide bonds. The standard InChI is InChI=1S/C29H20F3NO5/c1-17-9-11-19(12-10-17)37-27-26(35)22-14-13-20(15-24(22)38-28(27)29(30,31)32)36-16-25(34)33-23-8-4-6-18-5-2-3-7-21(18)23/h2-15H,16H2,1H3,(H,33,34). The number of fused-ring (bicyclic) bond motifs is 2. The fraction of sp³-hybridized carbons (Fsp3) is 0.103. The molecule has 0 aliphatic rings. The number of ether oxygens (including phenoxy) is 2. The first-order chi connectivity index (χ1) is 18.2. The van der Waals surface area contributed by atoms with E-state index in [-0.39, 0.29) is 22.5 Å². The molecular weight excluding hydrogens is 499 g/mol. The summed E-state index contributed by atoms with van der Waals surface area (Å²) in [7, 11) is 0. The molecule has 0 radical (unpaired) electrons. The molecule has 1 aromatic heterocycles. The third-order valence-corrected chi connectivity index (χ3v) is 5.75. The summed E-state index contributed by atoms with van der Waals surface area (Å²) in [5.41, 5.74) is 0.124. The van der Waals surface area contributed by atoms with E-state index >= 15 is 0 Å². The van der Waals surface area contributed by atoms with Crippen molar-refractivity contribution < 1.29 is 31.9 Å². The summed E-state index contributed by atoms with van der Waals surface area (Å²) in [6.45, 7) is 1.39. The minimum atomic E-state index is -5.00. The number of nitrogens with one attached hydrogen (secondary N) is 1. The molecule has 5 rings (SSSR count). The summed E-state index contributed by atoms with van der Waals surface area (Å²) in [5, 5.41) is 4.42. The van der Waals surface area contributed by atoms with Gasteiger partial charge in [-0.3, -0.25) is 9.59 Å². The lowest BCUT2D eigenvalue weighted by Crippen LogP contribution is -2.20. The Labute approximate surface area is 214 Å². The van der Waals surface area contributed by atoms with Crippen molar-refractivity contribution in [3.05, 3.63) is 106 Å². The van der Waals surface area contributed by atoms with Gasteiger partial charge in [-0.2, -0.15) is 13.2 Å². The van der Waals surface area contributed by atoms with E-state index in [1.54, 1.807) is 24.3 Å². The van der Waals surface area contributed by atoms with Crippen LogP contribution < -0.4 is 20.2 Å². The Morgan fingerprint density at radius 1 is 0.895 bits per heavy atom. The van der Waals surface area contributed by atoms with Crippen molar-refractivity contribution in [2.24, 2.45) is 0 Å². The van der Waals surface area contributed by atoms with Crippen LogP contribution in [0.4, 0.5) is 18.9 Å². The van der Waals surface area contributed by atoms with Crippen LogP contribution in [0.3, 0.4) is 0 Å². The highest BCUT2D eigenvalue weighted by molar-refractivity contribution is 6.02. The van der Waals surface area contributed by atoms with E-state index in [4.69, 9.17) is 13.9 Å². The molecule has 0 spiro atoms. The van der Waals surface area contributed by atoms with Crippen molar-refractivity contribution in [1.82, 2.24) is 0 Å². The molecule has 9 heteroatoms. The highest BCUT2D eigenvalue weighted by Crippen LogP contribution is 2.38. The summed E-state index contributed by atoms with van der Waals surface area (Å²) >= 11 is 0. The number of alkyl halides is 3. The molecule has 0 unspecified atom stereocenters. The van der Waals surface area contributed by atoms with E-state index in [1.807, 2.05) is 37.3 Å². The highest BCUT2D eigenvalue weighted by Gasteiger charge is 2.40. The molecule has 38 heavy (non-hydrogen) atoms. The molecule has 0 aliphatic heterocycles. The lowest BCUT2D eigenvalue weighted by Gasteiger charge is -2.14. The molecule has 0 aliphatic carbocycles. The van der Waals surface area contributed by atoms with Gasteiger partial charge < -0.3 is 19.2 Å². The zero-order chi connectivity index (χ0) is 26.9.